The maximum absolute atomic E-state index is 12.4. The van der Waals surface area contributed by atoms with Crippen LogP contribution in [0, 0.1) is 6.92 Å². The Hall–Kier alpha value is -2.04. The van der Waals surface area contributed by atoms with E-state index in [1.807, 2.05) is 46.0 Å². The molecule has 2 aromatic heterocycles. The first-order chi connectivity index (χ1) is 14.2. The molecule has 1 amide bonds. The lowest BCUT2D eigenvalue weighted by molar-refractivity contribution is 0.0193. The van der Waals surface area contributed by atoms with Crippen LogP contribution in [-0.2, 0) is 11.3 Å². The number of aryl methyl sites for hydroxylation is 1. The van der Waals surface area contributed by atoms with Crippen LogP contribution in [-0.4, -0.2) is 57.6 Å². The minimum atomic E-state index is -0.486. The van der Waals surface area contributed by atoms with Crippen molar-refractivity contribution in [2.24, 2.45) is 4.99 Å². The van der Waals surface area contributed by atoms with Crippen molar-refractivity contribution < 1.29 is 9.53 Å². The van der Waals surface area contributed by atoms with Gasteiger partial charge >= 0.3 is 6.09 Å². The summed E-state index contributed by atoms with van der Waals surface area (Å²) in [4.78, 5) is 23.6. The fraction of sp³-hybridized carbons (Fsp3) is 0.591. The highest BCUT2D eigenvalue weighted by molar-refractivity contribution is 14.0. The number of piperidine rings is 1. The zero-order valence-corrected chi connectivity index (χ0v) is 21.5. The Morgan fingerprint density at radius 3 is 2.81 bits per heavy atom. The number of halogens is 1. The molecule has 3 rings (SSSR count). The van der Waals surface area contributed by atoms with Crippen LogP contribution in [0.4, 0.5) is 4.79 Å². The van der Waals surface area contributed by atoms with Gasteiger partial charge in [-0.05, 0) is 59.6 Å². The van der Waals surface area contributed by atoms with Gasteiger partial charge in [0.2, 0.25) is 0 Å². The normalized spacial score (nSPS) is 17.3. The summed E-state index contributed by atoms with van der Waals surface area (Å²) in [6, 6.07) is 6.20. The molecule has 2 aromatic rings. The van der Waals surface area contributed by atoms with Crippen LogP contribution < -0.4 is 10.6 Å². The first-order valence-corrected chi connectivity index (χ1v) is 10.7. The number of nitrogens with one attached hydrogen (secondary N) is 2. The molecule has 1 saturated heterocycles. The van der Waals surface area contributed by atoms with E-state index in [1.165, 1.54) is 0 Å². The van der Waals surface area contributed by atoms with Crippen LogP contribution >= 0.6 is 24.0 Å². The van der Waals surface area contributed by atoms with E-state index in [9.17, 15) is 4.79 Å². The van der Waals surface area contributed by atoms with Gasteiger partial charge in [0.05, 0.1) is 12.2 Å². The lowest BCUT2D eigenvalue weighted by atomic mass is 10.1. The Bertz CT molecular complexity index is 905. The van der Waals surface area contributed by atoms with E-state index in [0.29, 0.717) is 13.1 Å². The molecule has 31 heavy (non-hydrogen) atoms. The lowest BCUT2D eigenvalue weighted by Crippen LogP contribution is -2.53. The molecule has 1 fully saturated rings. The molecule has 1 unspecified atom stereocenters. The van der Waals surface area contributed by atoms with Gasteiger partial charge in [-0.1, -0.05) is 6.07 Å². The van der Waals surface area contributed by atoms with Crippen molar-refractivity contribution in [1.82, 2.24) is 24.9 Å². The van der Waals surface area contributed by atoms with E-state index in [1.54, 1.807) is 4.90 Å². The molecule has 2 N–H and O–H groups in total. The number of guanidine groups is 1. The third-order valence-corrected chi connectivity index (χ3v) is 4.90. The van der Waals surface area contributed by atoms with Gasteiger partial charge in [-0.15, -0.1) is 24.0 Å². The van der Waals surface area contributed by atoms with Gasteiger partial charge in [0.15, 0.2) is 5.96 Å². The van der Waals surface area contributed by atoms with E-state index < -0.39 is 5.60 Å². The standard InChI is InChI=1S/C22H34N6O2.HI/c1-6-23-20(24-13-18-15-28-16(2)9-7-11-19(28)25-18)26-17-10-8-12-27(14-17)21(29)30-22(3,4)5;/h7,9,11,15,17H,6,8,10,12-14H2,1-5H3,(H2,23,24,26);1H. The van der Waals surface area contributed by atoms with Crippen molar-refractivity contribution in [2.45, 2.75) is 65.6 Å². The van der Waals surface area contributed by atoms with Crippen molar-refractivity contribution in [3.8, 4) is 0 Å². The molecular weight excluding hydrogens is 507 g/mol. The van der Waals surface area contributed by atoms with Crippen LogP contribution in [0.15, 0.2) is 29.4 Å². The average molecular weight is 542 g/mol. The SMILES string of the molecule is CCNC(=NCc1cn2c(C)cccc2n1)NC1CCCN(C(=O)OC(C)(C)C)C1.I. The summed E-state index contributed by atoms with van der Waals surface area (Å²) >= 11 is 0. The molecule has 0 bridgehead atoms. The number of carbonyl (C=O) groups excluding carboxylic acids is 1. The summed E-state index contributed by atoms with van der Waals surface area (Å²) in [6.07, 6.45) is 3.69. The Balaban J connectivity index is 0.00000341. The number of nitrogens with zero attached hydrogens (tertiary/aromatic N) is 4. The second kappa shape index (κ2) is 11.0. The molecule has 0 saturated carbocycles. The molecule has 1 aliphatic rings. The first-order valence-electron chi connectivity index (χ1n) is 10.7. The molecular formula is C22H35IN6O2. The average Bonchev–Trinajstić information content (AvgIpc) is 3.10. The zero-order valence-electron chi connectivity index (χ0n) is 19.1. The number of hydrogen-bond donors (Lipinski definition) is 2. The molecule has 0 radical (unpaired) electrons. The highest BCUT2D eigenvalue weighted by Gasteiger charge is 2.28. The van der Waals surface area contributed by atoms with Gasteiger partial charge < -0.3 is 24.7 Å². The van der Waals surface area contributed by atoms with Crippen molar-refractivity contribution in [2.75, 3.05) is 19.6 Å². The predicted molar refractivity (Wildman–Crippen MR) is 134 cm³/mol. The molecule has 0 aliphatic carbocycles. The number of hydrogen-bond acceptors (Lipinski definition) is 4. The highest BCUT2D eigenvalue weighted by atomic mass is 127. The Morgan fingerprint density at radius 1 is 1.35 bits per heavy atom. The quantitative estimate of drug-likeness (QED) is 0.350. The van der Waals surface area contributed by atoms with Crippen LogP contribution in [0.3, 0.4) is 0 Å². The Labute approximate surface area is 201 Å². The maximum atomic E-state index is 12.4. The number of aliphatic imine (C=N–C) groups is 1. The third kappa shape index (κ3) is 7.26. The second-order valence-corrected chi connectivity index (χ2v) is 8.73. The second-order valence-electron chi connectivity index (χ2n) is 8.73. The monoisotopic (exact) mass is 542 g/mol. The number of likely N-dealkylation sites (tertiary alicyclic amines) is 1. The van der Waals surface area contributed by atoms with Gasteiger partial charge in [0.25, 0.3) is 0 Å². The number of fused-ring (bicyclic) bond motifs is 1. The number of imidazole rings is 1. The molecule has 9 heteroatoms. The topological polar surface area (TPSA) is 83.3 Å². The van der Waals surface area contributed by atoms with Crippen LogP contribution in [0.1, 0.15) is 51.9 Å². The third-order valence-electron chi connectivity index (χ3n) is 4.90. The summed E-state index contributed by atoms with van der Waals surface area (Å²) in [5.41, 5.74) is 2.50. The fourth-order valence-electron chi connectivity index (χ4n) is 3.54. The number of rotatable bonds is 4. The molecule has 0 spiro atoms. The number of ether oxygens (including phenoxy) is 1. The van der Waals surface area contributed by atoms with E-state index in [4.69, 9.17) is 9.73 Å². The van der Waals surface area contributed by atoms with Crippen LogP contribution in [0.2, 0.25) is 0 Å². The molecule has 172 valence electrons. The summed E-state index contributed by atoms with van der Waals surface area (Å²) in [5.74, 6) is 0.738. The number of pyridine rings is 1. The molecule has 3 heterocycles. The first kappa shape index (κ1) is 25.2. The van der Waals surface area contributed by atoms with Crippen molar-refractivity contribution in [1.29, 1.82) is 0 Å². The molecule has 1 aliphatic heterocycles. The maximum Gasteiger partial charge on any atom is 0.410 e. The summed E-state index contributed by atoms with van der Waals surface area (Å²) in [5, 5.41) is 6.77. The highest BCUT2D eigenvalue weighted by Crippen LogP contribution is 2.15. The lowest BCUT2D eigenvalue weighted by Gasteiger charge is -2.35. The van der Waals surface area contributed by atoms with E-state index >= 15 is 0 Å². The molecule has 0 aromatic carbocycles. The summed E-state index contributed by atoms with van der Waals surface area (Å²) < 4.78 is 7.60. The Kier molecular flexibility index (Phi) is 8.96. The van der Waals surface area contributed by atoms with Gasteiger partial charge in [-0.25, -0.2) is 14.8 Å². The van der Waals surface area contributed by atoms with E-state index in [0.717, 1.165) is 48.9 Å². The fourth-order valence-corrected chi connectivity index (χ4v) is 3.54. The Morgan fingerprint density at radius 2 is 2.13 bits per heavy atom. The molecule has 8 nitrogen and oxygen atoms in total. The smallest absolute Gasteiger partial charge is 0.410 e. The van der Waals surface area contributed by atoms with Crippen LogP contribution in [0.5, 0.6) is 0 Å². The van der Waals surface area contributed by atoms with Gasteiger partial charge in [-0.2, -0.15) is 0 Å². The molecule has 1 atom stereocenters. The van der Waals surface area contributed by atoms with E-state index in [2.05, 4.69) is 33.0 Å². The minimum absolute atomic E-state index is 0. The van der Waals surface area contributed by atoms with Gasteiger partial charge in [0, 0.05) is 37.6 Å². The largest absolute Gasteiger partial charge is 0.444 e. The summed E-state index contributed by atoms with van der Waals surface area (Å²) in [7, 11) is 0. The van der Waals surface area contributed by atoms with Crippen molar-refractivity contribution in [3.63, 3.8) is 0 Å². The van der Waals surface area contributed by atoms with Gasteiger partial charge in [-0.3, -0.25) is 0 Å². The number of aromatic nitrogens is 2. The van der Waals surface area contributed by atoms with Crippen LogP contribution in [0.25, 0.3) is 5.65 Å². The summed E-state index contributed by atoms with van der Waals surface area (Å²) in [6.45, 7) is 12.3. The van der Waals surface area contributed by atoms with Gasteiger partial charge in [0.1, 0.15) is 11.2 Å². The van der Waals surface area contributed by atoms with E-state index in [-0.39, 0.29) is 36.1 Å². The van der Waals surface area contributed by atoms with Crippen molar-refractivity contribution in [3.05, 3.63) is 35.8 Å². The number of carbonyl (C=O) groups is 1. The zero-order chi connectivity index (χ0) is 21.7. The number of amides is 1. The predicted octanol–water partition coefficient (Wildman–Crippen LogP) is 3.72. The minimum Gasteiger partial charge on any atom is -0.444 e. The van der Waals surface area contributed by atoms with Crippen molar-refractivity contribution >= 4 is 41.7 Å².